The second-order valence-electron chi connectivity index (χ2n) is 10.2. The van der Waals surface area contributed by atoms with Crippen molar-refractivity contribution in [3.05, 3.63) is 143 Å². The monoisotopic (exact) mass is 498 g/mol. The van der Waals surface area contributed by atoms with Crippen molar-refractivity contribution < 1.29 is 10.2 Å². The van der Waals surface area contributed by atoms with Crippen molar-refractivity contribution >= 4 is 0 Å². The first-order valence-electron chi connectivity index (χ1n) is 13.3. The first kappa shape index (κ1) is 25.4. The molecule has 0 radical (unpaired) electrons. The van der Waals surface area contributed by atoms with Gasteiger partial charge in [-0.3, -0.25) is 0 Å². The predicted molar refractivity (Wildman–Crippen MR) is 158 cm³/mol. The van der Waals surface area contributed by atoms with Crippen LogP contribution in [-0.4, -0.2) is 10.2 Å². The van der Waals surface area contributed by atoms with E-state index < -0.39 is 5.41 Å². The molecule has 5 aromatic carbocycles. The molecule has 2 nitrogen and oxygen atoms in total. The molecule has 0 saturated carbocycles. The van der Waals surface area contributed by atoms with E-state index in [1.807, 2.05) is 72.8 Å². The second-order valence-corrected chi connectivity index (χ2v) is 10.2. The Hall–Kier alpha value is -4.30. The van der Waals surface area contributed by atoms with Crippen LogP contribution in [-0.2, 0) is 5.41 Å². The van der Waals surface area contributed by atoms with Crippen LogP contribution < -0.4 is 0 Å². The van der Waals surface area contributed by atoms with Crippen molar-refractivity contribution in [3.63, 3.8) is 0 Å². The second kappa shape index (κ2) is 10.6. The minimum Gasteiger partial charge on any atom is -0.507 e. The minimum absolute atomic E-state index is 0.265. The Labute approximate surface area is 225 Å². The number of hydrogen-bond acceptors (Lipinski definition) is 2. The molecule has 0 spiro atoms. The summed E-state index contributed by atoms with van der Waals surface area (Å²) in [6.07, 6.45) is 1.82. The summed E-state index contributed by atoms with van der Waals surface area (Å²) >= 11 is 0. The largest absolute Gasteiger partial charge is 0.507 e. The predicted octanol–water partition coefficient (Wildman–Crippen LogP) is 9.18. The molecular formula is C36H34O2. The van der Waals surface area contributed by atoms with Crippen LogP contribution in [0.15, 0.2) is 115 Å². The lowest BCUT2D eigenvalue weighted by Gasteiger charge is -2.38. The summed E-state index contributed by atoms with van der Waals surface area (Å²) in [5.41, 5.74) is 9.03. The van der Waals surface area contributed by atoms with Crippen molar-refractivity contribution in [2.24, 2.45) is 0 Å². The van der Waals surface area contributed by atoms with Gasteiger partial charge in [0.15, 0.2) is 0 Å². The Morgan fingerprint density at radius 3 is 1.53 bits per heavy atom. The topological polar surface area (TPSA) is 40.5 Å². The van der Waals surface area contributed by atoms with E-state index >= 15 is 0 Å². The van der Waals surface area contributed by atoms with E-state index in [1.54, 1.807) is 0 Å². The molecule has 38 heavy (non-hydrogen) atoms. The van der Waals surface area contributed by atoms with Crippen LogP contribution in [0.1, 0.15) is 47.6 Å². The van der Waals surface area contributed by atoms with Crippen molar-refractivity contribution in [2.45, 2.75) is 39.0 Å². The van der Waals surface area contributed by atoms with Gasteiger partial charge in [0, 0.05) is 16.5 Å². The molecule has 0 amide bonds. The summed E-state index contributed by atoms with van der Waals surface area (Å²) in [6.45, 7) is 6.53. The van der Waals surface area contributed by atoms with Crippen LogP contribution in [0.5, 0.6) is 11.5 Å². The number of benzene rings is 5. The summed E-state index contributed by atoms with van der Waals surface area (Å²) in [6, 6.07) is 38.8. The summed E-state index contributed by atoms with van der Waals surface area (Å²) in [4.78, 5) is 0. The molecule has 0 aliphatic rings. The van der Waals surface area contributed by atoms with Gasteiger partial charge in [-0.05, 0) is 77.9 Å². The summed E-state index contributed by atoms with van der Waals surface area (Å²) in [5, 5.41) is 21.8. The van der Waals surface area contributed by atoms with Crippen molar-refractivity contribution in [2.75, 3.05) is 0 Å². The van der Waals surface area contributed by atoms with E-state index in [0.29, 0.717) is 0 Å². The van der Waals surface area contributed by atoms with Gasteiger partial charge in [0.05, 0.1) is 0 Å². The molecule has 0 heterocycles. The van der Waals surface area contributed by atoms with Gasteiger partial charge in [-0.25, -0.2) is 0 Å². The summed E-state index contributed by atoms with van der Waals surface area (Å²) in [7, 11) is 0. The zero-order valence-corrected chi connectivity index (χ0v) is 22.3. The third kappa shape index (κ3) is 4.59. The van der Waals surface area contributed by atoms with Crippen molar-refractivity contribution in [1.29, 1.82) is 0 Å². The standard InChI is InChI=1S/C36H34O2/c1-4-21-36(33-18-15-25(2)22-26(33)3,29-16-19-34(37)31(23-29)27-11-7-5-8-12-27)30-17-20-35(38)32(24-30)28-13-9-6-10-14-28/h5-20,22-24,37-38H,4,21H2,1-3H3. The van der Waals surface area contributed by atoms with Gasteiger partial charge in [-0.2, -0.15) is 0 Å². The molecule has 0 bridgehead atoms. The molecule has 0 fully saturated rings. The molecule has 5 rings (SSSR count). The molecule has 190 valence electrons. The third-order valence-corrected chi connectivity index (χ3v) is 7.61. The van der Waals surface area contributed by atoms with Gasteiger partial charge < -0.3 is 10.2 Å². The molecule has 0 atom stereocenters. The highest BCUT2D eigenvalue weighted by atomic mass is 16.3. The number of phenolic OH excluding ortho intramolecular Hbond substituents is 2. The Kier molecular flexibility index (Phi) is 7.07. The molecule has 0 aliphatic carbocycles. The first-order valence-corrected chi connectivity index (χ1v) is 13.3. The Morgan fingerprint density at radius 1 is 0.579 bits per heavy atom. The lowest BCUT2D eigenvalue weighted by molar-refractivity contribution is 0.474. The smallest absolute Gasteiger partial charge is 0.123 e. The number of hydrogen-bond donors (Lipinski definition) is 2. The van der Waals surface area contributed by atoms with Gasteiger partial charge in [-0.1, -0.05) is 110 Å². The molecule has 0 unspecified atom stereocenters. The molecule has 0 aromatic heterocycles. The molecule has 0 aliphatic heterocycles. The average Bonchev–Trinajstić information content (AvgIpc) is 2.94. The normalized spacial score (nSPS) is 11.4. The van der Waals surface area contributed by atoms with Gasteiger partial charge in [0.2, 0.25) is 0 Å². The maximum absolute atomic E-state index is 10.9. The quantitative estimate of drug-likeness (QED) is 0.220. The fourth-order valence-electron chi connectivity index (χ4n) is 5.87. The van der Waals surface area contributed by atoms with E-state index in [-0.39, 0.29) is 11.5 Å². The van der Waals surface area contributed by atoms with Crippen LogP contribution in [0.25, 0.3) is 22.3 Å². The Morgan fingerprint density at radius 2 is 1.08 bits per heavy atom. The number of aromatic hydroxyl groups is 2. The Balaban J connectivity index is 1.84. The zero-order valence-electron chi connectivity index (χ0n) is 22.3. The zero-order chi connectivity index (χ0) is 26.7. The highest BCUT2D eigenvalue weighted by molar-refractivity contribution is 5.75. The minimum atomic E-state index is -0.485. The molecular weight excluding hydrogens is 464 g/mol. The lowest BCUT2D eigenvalue weighted by Crippen LogP contribution is -2.30. The average molecular weight is 499 g/mol. The number of aryl methyl sites for hydroxylation is 2. The van der Waals surface area contributed by atoms with E-state index in [4.69, 9.17) is 0 Å². The lowest BCUT2D eigenvalue weighted by atomic mass is 9.65. The van der Waals surface area contributed by atoms with E-state index in [1.165, 1.54) is 16.7 Å². The van der Waals surface area contributed by atoms with Gasteiger partial charge in [0.1, 0.15) is 11.5 Å². The first-order chi connectivity index (χ1) is 18.4. The molecule has 2 heteroatoms. The maximum atomic E-state index is 10.9. The highest BCUT2D eigenvalue weighted by Crippen LogP contribution is 2.48. The van der Waals surface area contributed by atoms with E-state index in [9.17, 15) is 10.2 Å². The van der Waals surface area contributed by atoms with Crippen LogP contribution in [0.4, 0.5) is 0 Å². The molecule has 2 N–H and O–H groups in total. The number of phenols is 2. The van der Waals surface area contributed by atoms with Crippen LogP contribution in [0.3, 0.4) is 0 Å². The van der Waals surface area contributed by atoms with E-state index in [0.717, 1.165) is 46.2 Å². The maximum Gasteiger partial charge on any atom is 0.123 e. The van der Waals surface area contributed by atoms with E-state index in [2.05, 4.69) is 63.2 Å². The molecule has 5 aromatic rings. The summed E-state index contributed by atoms with van der Waals surface area (Å²) in [5.74, 6) is 0.531. The van der Waals surface area contributed by atoms with Gasteiger partial charge >= 0.3 is 0 Å². The van der Waals surface area contributed by atoms with Gasteiger partial charge in [0.25, 0.3) is 0 Å². The van der Waals surface area contributed by atoms with Crippen molar-refractivity contribution in [3.8, 4) is 33.8 Å². The highest BCUT2D eigenvalue weighted by Gasteiger charge is 2.38. The number of rotatable bonds is 7. The molecule has 0 saturated heterocycles. The van der Waals surface area contributed by atoms with Crippen molar-refractivity contribution in [1.82, 2.24) is 0 Å². The third-order valence-electron chi connectivity index (χ3n) is 7.61. The fraction of sp³-hybridized carbons (Fsp3) is 0.167. The van der Waals surface area contributed by atoms with Gasteiger partial charge in [-0.15, -0.1) is 0 Å². The van der Waals surface area contributed by atoms with Crippen LogP contribution >= 0.6 is 0 Å². The fourth-order valence-corrected chi connectivity index (χ4v) is 5.87. The Bertz CT molecular complexity index is 1460. The summed E-state index contributed by atoms with van der Waals surface area (Å²) < 4.78 is 0. The van der Waals surface area contributed by atoms with Crippen LogP contribution in [0, 0.1) is 13.8 Å². The SMILES string of the molecule is CCCC(c1ccc(O)c(-c2ccccc2)c1)(c1ccc(O)c(-c2ccccc2)c1)c1ccc(C)cc1C. The van der Waals surface area contributed by atoms with Crippen LogP contribution in [0.2, 0.25) is 0 Å².